The van der Waals surface area contributed by atoms with Crippen LogP contribution in [0.2, 0.25) is 0 Å². The molecule has 0 unspecified atom stereocenters. The monoisotopic (exact) mass is 363 g/mol. The summed E-state index contributed by atoms with van der Waals surface area (Å²) in [5.41, 5.74) is 3.82. The molecule has 0 bridgehead atoms. The Labute approximate surface area is 162 Å². The maximum Gasteiger partial charge on any atom is 0.237 e. The second-order valence-electron chi connectivity index (χ2n) is 7.84. The molecule has 4 nitrogen and oxygen atoms in total. The maximum absolute atomic E-state index is 13.0. The lowest BCUT2D eigenvalue weighted by molar-refractivity contribution is -0.133. The molecule has 1 amide bonds. The smallest absolute Gasteiger partial charge is 0.237 e. The first-order valence-electron chi connectivity index (χ1n) is 10.1. The lowest BCUT2D eigenvalue weighted by atomic mass is 10.2. The number of piperazine rings is 1. The first kappa shape index (κ1) is 18.1. The molecule has 1 saturated carbocycles. The Bertz CT molecular complexity index is 764. The Kier molecular flexibility index (Phi) is 5.44. The number of benzene rings is 2. The van der Waals surface area contributed by atoms with Crippen molar-refractivity contribution in [3.63, 3.8) is 0 Å². The number of nitrogens with zero attached hydrogens (tertiary/aromatic N) is 3. The molecule has 1 saturated heterocycles. The summed E-state index contributed by atoms with van der Waals surface area (Å²) >= 11 is 0. The molecular formula is C23H29N3O. The van der Waals surface area contributed by atoms with E-state index in [1.807, 2.05) is 6.07 Å². The molecule has 4 heteroatoms. The molecule has 1 aliphatic carbocycles. The van der Waals surface area contributed by atoms with E-state index in [1.165, 1.54) is 16.8 Å². The predicted molar refractivity (Wildman–Crippen MR) is 110 cm³/mol. The van der Waals surface area contributed by atoms with Crippen molar-refractivity contribution in [2.24, 2.45) is 0 Å². The van der Waals surface area contributed by atoms with E-state index in [0.29, 0.717) is 12.6 Å². The molecule has 0 N–H and O–H groups in total. The largest absolute Gasteiger partial charge is 0.369 e. The van der Waals surface area contributed by atoms with Gasteiger partial charge in [-0.05, 0) is 43.0 Å². The van der Waals surface area contributed by atoms with Crippen molar-refractivity contribution in [2.45, 2.75) is 32.4 Å². The molecule has 2 aliphatic rings. The van der Waals surface area contributed by atoms with E-state index in [1.54, 1.807) is 0 Å². The van der Waals surface area contributed by atoms with E-state index < -0.39 is 0 Å². The summed E-state index contributed by atoms with van der Waals surface area (Å²) in [5, 5.41) is 0. The highest BCUT2D eigenvalue weighted by Crippen LogP contribution is 2.28. The average molecular weight is 364 g/mol. The summed E-state index contributed by atoms with van der Waals surface area (Å²) in [6.45, 7) is 7.29. The van der Waals surface area contributed by atoms with Crippen LogP contribution in [0.25, 0.3) is 0 Å². The minimum absolute atomic E-state index is 0.283. The van der Waals surface area contributed by atoms with Crippen LogP contribution in [0.15, 0.2) is 54.6 Å². The molecule has 1 heterocycles. The average Bonchev–Trinajstić information content (AvgIpc) is 3.52. The van der Waals surface area contributed by atoms with E-state index in [-0.39, 0.29) is 5.91 Å². The first-order chi connectivity index (χ1) is 13.2. The molecule has 2 aromatic carbocycles. The van der Waals surface area contributed by atoms with Crippen LogP contribution in [-0.2, 0) is 11.3 Å². The Morgan fingerprint density at radius 2 is 1.74 bits per heavy atom. The van der Waals surface area contributed by atoms with E-state index in [2.05, 4.69) is 70.2 Å². The zero-order chi connectivity index (χ0) is 18.6. The normalized spacial score (nSPS) is 17.7. The predicted octanol–water partition coefficient (Wildman–Crippen LogP) is 3.31. The molecule has 2 fully saturated rings. The highest BCUT2D eigenvalue weighted by atomic mass is 16.2. The van der Waals surface area contributed by atoms with Gasteiger partial charge in [-0.2, -0.15) is 0 Å². The third-order valence-electron chi connectivity index (χ3n) is 5.60. The molecule has 0 spiro atoms. The fraction of sp³-hybridized carbons (Fsp3) is 0.435. The third-order valence-corrected chi connectivity index (χ3v) is 5.60. The summed E-state index contributed by atoms with van der Waals surface area (Å²) in [7, 11) is 0. The number of anilines is 1. The SMILES string of the molecule is Cc1cccc(N2CCN(CC(=O)N(Cc3ccccc3)C3CC3)CC2)c1. The minimum atomic E-state index is 0.283. The number of hydrogen-bond donors (Lipinski definition) is 0. The first-order valence-corrected chi connectivity index (χ1v) is 10.1. The van der Waals surface area contributed by atoms with Crippen molar-refractivity contribution < 1.29 is 4.79 Å². The van der Waals surface area contributed by atoms with Crippen LogP contribution in [0.1, 0.15) is 24.0 Å². The molecule has 0 aromatic heterocycles. The maximum atomic E-state index is 13.0. The fourth-order valence-corrected chi connectivity index (χ4v) is 3.86. The van der Waals surface area contributed by atoms with Crippen LogP contribution in [0.3, 0.4) is 0 Å². The Morgan fingerprint density at radius 3 is 2.41 bits per heavy atom. The van der Waals surface area contributed by atoms with Crippen molar-refractivity contribution >= 4 is 11.6 Å². The van der Waals surface area contributed by atoms with E-state index in [0.717, 1.165) is 45.6 Å². The van der Waals surface area contributed by atoms with Crippen LogP contribution < -0.4 is 4.90 Å². The summed E-state index contributed by atoms with van der Waals surface area (Å²) in [4.78, 5) is 19.8. The third kappa shape index (κ3) is 4.69. The summed E-state index contributed by atoms with van der Waals surface area (Å²) < 4.78 is 0. The van der Waals surface area contributed by atoms with Gasteiger partial charge >= 0.3 is 0 Å². The van der Waals surface area contributed by atoms with E-state index >= 15 is 0 Å². The van der Waals surface area contributed by atoms with Gasteiger partial charge in [-0.1, -0.05) is 42.5 Å². The Balaban J connectivity index is 1.31. The second kappa shape index (κ2) is 8.13. The lowest BCUT2D eigenvalue weighted by Crippen LogP contribution is -2.50. The Morgan fingerprint density at radius 1 is 1.00 bits per heavy atom. The van der Waals surface area contributed by atoms with Gasteiger partial charge in [-0.3, -0.25) is 9.69 Å². The van der Waals surface area contributed by atoms with Crippen LogP contribution >= 0.6 is 0 Å². The summed E-state index contributed by atoms with van der Waals surface area (Å²) in [6.07, 6.45) is 2.30. The molecule has 2 aromatic rings. The Hall–Kier alpha value is -2.33. The number of carbonyl (C=O) groups excluding carboxylic acids is 1. The molecule has 1 aliphatic heterocycles. The molecule has 0 atom stereocenters. The van der Waals surface area contributed by atoms with Gasteiger partial charge in [0.05, 0.1) is 6.54 Å². The quantitative estimate of drug-likeness (QED) is 0.788. The number of carbonyl (C=O) groups is 1. The standard InChI is InChI=1S/C23H29N3O/c1-19-6-5-9-22(16-19)25-14-12-24(13-15-25)18-23(27)26(21-10-11-21)17-20-7-3-2-4-8-20/h2-9,16,21H,10-15,17-18H2,1H3. The highest BCUT2D eigenvalue weighted by molar-refractivity contribution is 5.79. The van der Waals surface area contributed by atoms with Crippen LogP contribution in [0.5, 0.6) is 0 Å². The number of rotatable bonds is 6. The summed E-state index contributed by atoms with van der Waals surface area (Å²) in [5.74, 6) is 0.283. The second-order valence-corrected chi connectivity index (χ2v) is 7.84. The van der Waals surface area contributed by atoms with E-state index in [9.17, 15) is 4.79 Å². The fourth-order valence-electron chi connectivity index (χ4n) is 3.86. The highest BCUT2D eigenvalue weighted by Gasteiger charge is 2.33. The minimum Gasteiger partial charge on any atom is -0.369 e. The van der Waals surface area contributed by atoms with Crippen LogP contribution in [0.4, 0.5) is 5.69 Å². The molecule has 0 radical (unpaired) electrons. The van der Waals surface area contributed by atoms with Gasteiger partial charge in [0.1, 0.15) is 0 Å². The van der Waals surface area contributed by atoms with Crippen molar-refractivity contribution in [1.82, 2.24) is 9.80 Å². The van der Waals surface area contributed by atoms with Gasteiger partial charge in [0.15, 0.2) is 0 Å². The van der Waals surface area contributed by atoms with Gasteiger partial charge in [0, 0.05) is 44.5 Å². The number of amides is 1. The number of aryl methyl sites for hydroxylation is 1. The molecule has 4 rings (SSSR count). The zero-order valence-electron chi connectivity index (χ0n) is 16.2. The van der Waals surface area contributed by atoms with Crippen molar-refractivity contribution in [1.29, 1.82) is 0 Å². The van der Waals surface area contributed by atoms with Crippen LogP contribution in [-0.4, -0.2) is 54.5 Å². The van der Waals surface area contributed by atoms with Gasteiger partial charge in [0.2, 0.25) is 5.91 Å². The van der Waals surface area contributed by atoms with Gasteiger partial charge < -0.3 is 9.80 Å². The molecule has 27 heavy (non-hydrogen) atoms. The van der Waals surface area contributed by atoms with Crippen LogP contribution in [0, 0.1) is 6.92 Å². The molecule has 142 valence electrons. The van der Waals surface area contributed by atoms with Crippen molar-refractivity contribution in [3.8, 4) is 0 Å². The van der Waals surface area contributed by atoms with Gasteiger partial charge in [0.25, 0.3) is 0 Å². The van der Waals surface area contributed by atoms with Crippen molar-refractivity contribution in [2.75, 3.05) is 37.6 Å². The zero-order valence-corrected chi connectivity index (χ0v) is 16.2. The topological polar surface area (TPSA) is 26.8 Å². The number of hydrogen-bond acceptors (Lipinski definition) is 3. The van der Waals surface area contributed by atoms with E-state index in [4.69, 9.17) is 0 Å². The molecular weight excluding hydrogens is 334 g/mol. The van der Waals surface area contributed by atoms with Crippen molar-refractivity contribution in [3.05, 3.63) is 65.7 Å². The van der Waals surface area contributed by atoms with Gasteiger partial charge in [-0.15, -0.1) is 0 Å². The van der Waals surface area contributed by atoms with Gasteiger partial charge in [-0.25, -0.2) is 0 Å². The summed E-state index contributed by atoms with van der Waals surface area (Å²) in [6, 6.07) is 19.5. The lowest BCUT2D eigenvalue weighted by Gasteiger charge is -2.36.